The van der Waals surface area contributed by atoms with Crippen molar-refractivity contribution in [3.8, 4) is 0 Å². The molecule has 2 rings (SSSR count). The molecule has 0 aliphatic carbocycles. The highest BCUT2D eigenvalue weighted by Gasteiger charge is 2.33. The van der Waals surface area contributed by atoms with Crippen molar-refractivity contribution in [1.29, 1.82) is 0 Å². The third kappa shape index (κ3) is 2.35. The Kier molecular flexibility index (Phi) is 3.76. The fourth-order valence-electron chi connectivity index (χ4n) is 1.85. The second-order valence-corrected chi connectivity index (χ2v) is 6.95. The van der Waals surface area contributed by atoms with E-state index in [-0.39, 0.29) is 17.6 Å². The van der Waals surface area contributed by atoms with E-state index >= 15 is 0 Å². The minimum absolute atomic E-state index is 0.00711. The zero-order valence-electron chi connectivity index (χ0n) is 9.59. The van der Waals surface area contributed by atoms with E-state index in [4.69, 9.17) is 5.73 Å². The van der Waals surface area contributed by atoms with Gasteiger partial charge in [0.2, 0.25) is 0 Å². The standard InChI is InChI=1S/C9H16N4O2S2/c1-7-6-16-3-2-13(7)17(14,15)9-8(4-10)5-11-12-9/h5,7H,2-4,6,10H2,1H3,(H,11,12). The molecule has 1 aromatic rings. The largest absolute Gasteiger partial charge is 0.326 e. The van der Waals surface area contributed by atoms with Crippen LogP contribution in [0.1, 0.15) is 12.5 Å². The van der Waals surface area contributed by atoms with Crippen molar-refractivity contribution in [2.75, 3.05) is 18.1 Å². The van der Waals surface area contributed by atoms with Crippen LogP contribution in [-0.4, -0.2) is 47.0 Å². The van der Waals surface area contributed by atoms with Gasteiger partial charge in [-0.1, -0.05) is 0 Å². The third-order valence-electron chi connectivity index (χ3n) is 2.77. The Bertz CT molecular complexity index is 485. The van der Waals surface area contributed by atoms with Gasteiger partial charge in [-0.05, 0) is 6.92 Å². The molecule has 17 heavy (non-hydrogen) atoms. The number of rotatable bonds is 3. The van der Waals surface area contributed by atoms with Gasteiger partial charge in [0, 0.05) is 36.2 Å². The fourth-order valence-corrected chi connectivity index (χ4v) is 4.83. The Labute approximate surface area is 105 Å². The average molecular weight is 276 g/mol. The lowest BCUT2D eigenvalue weighted by atomic mass is 10.4. The molecular weight excluding hydrogens is 260 g/mol. The van der Waals surface area contributed by atoms with Gasteiger partial charge < -0.3 is 5.73 Å². The van der Waals surface area contributed by atoms with E-state index in [1.807, 2.05) is 6.92 Å². The lowest BCUT2D eigenvalue weighted by Crippen LogP contribution is -2.44. The highest BCUT2D eigenvalue weighted by Crippen LogP contribution is 2.24. The van der Waals surface area contributed by atoms with Gasteiger partial charge in [-0.25, -0.2) is 8.42 Å². The number of aromatic nitrogens is 2. The predicted octanol–water partition coefficient (Wildman–Crippen LogP) is -0.00560. The summed E-state index contributed by atoms with van der Waals surface area (Å²) in [6, 6.07) is 0.00711. The van der Waals surface area contributed by atoms with E-state index in [1.165, 1.54) is 10.5 Å². The number of nitrogens with zero attached hydrogens (tertiary/aromatic N) is 2. The molecule has 1 aliphatic heterocycles. The molecule has 3 N–H and O–H groups in total. The Morgan fingerprint density at radius 2 is 2.47 bits per heavy atom. The lowest BCUT2D eigenvalue weighted by Gasteiger charge is -2.31. The summed E-state index contributed by atoms with van der Waals surface area (Å²) in [4.78, 5) is 0. The fraction of sp³-hybridized carbons (Fsp3) is 0.667. The van der Waals surface area contributed by atoms with Gasteiger partial charge in [-0.15, -0.1) is 0 Å². The highest BCUT2D eigenvalue weighted by atomic mass is 32.2. The van der Waals surface area contributed by atoms with Crippen LogP contribution in [0.3, 0.4) is 0 Å². The van der Waals surface area contributed by atoms with Crippen molar-refractivity contribution >= 4 is 21.8 Å². The van der Waals surface area contributed by atoms with Gasteiger partial charge in [-0.3, -0.25) is 5.10 Å². The normalized spacial score (nSPS) is 22.8. The maximum Gasteiger partial charge on any atom is 0.260 e. The van der Waals surface area contributed by atoms with Crippen LogP contribution in [0, 0.1) is 0 Å². The summed E-state index contributed by atoms with van der Waals surface area (Å²) in [5.41, 5.74) is 6.05. The minimum atomic E-state index is -3.49. The number of aromatic amines is 1. The molecule has 96 valence electrons. The quantitative estimate of drug-likeness (QED) is 0.810. The van der Waals surface area contributed by atoms with E-state index in [0.717, 1.165) is 11.5 Å². The van der Waals surface area contributed by atoms with Crippen LogP contribution in [0.15, 0.2) is 11.2 Å². The number of hydrogen-bond donors (Lipinski definition) is 2. The molecular formula is C9H16N4O2S2. The van der Waals surface area contributed by atoms with Crippen LogP contribution in [0.4, 0.5) is 0 Å². The minimum Gasteiger partial charge on any atom is -0.326 e. The number of H-pyrrole nitrogens is 1. The van der Waals surface area contributed by atoms with Crippen LogP contribution < -0.4 is 5.73 Å². The van der Waals surface area contributed by atoms with Crippen LogP contribution in [0.25, 0.3) is 0 Å². The molecule has 2 heterocycles. The Morgan fingerprint density at radius 3 is 3.12 bits per heavy atom. The number of nitrogens with one attached hydrogen (secondary N) is 1. The molecule has 1 aliphatic rings. The Morgan fingerprint density at radius 1 is 1.71 bits per heavy atom. The molecule has 0 radical (unpaired) electrons. The van der Waals surface area contributed by atoms with Gasteiger partial charge in [0.1, 0.15) is 0 Å². The van der Waals surface area contributed by atoms with Crippen LogP contribution in [0.2, 0.25) is 0 Å². The van der Waals surface area contributed by atoms with Crippen LogP contribution >= 0.6 is 11.8 Å². The van der Waals surface area contributed by atoms with Gasteiger partial charge in [0.15, 0.2) is 5.03 Å². The molecule has 1 saturated heterocycles. The second-order valence-electron chi connectivity index (χ2n) is 3.97. The predicted molar refractivity (Wildman–Crippen MR) is 67.2 cm³/mol. The number of nitrogens with two attached hydrogens (primary N) is 1. The molecule has 0 spiro atoms. The van der Waals surface area contributed by atoms with Crippen molar-refractivity contribution in [2.45, 2.75) is 24.5 Å². The lowest BCUT2D eigenvalue weighted by molar-refractivity contribution is 0.365. The molecule has 0 saturated carbocycles. The Balaban J connectivity index is 2.35. The number of hydrogen-bond acceptors (Lipinski definition) is 5. The summed E-state index contributed by atoms with van der Waals surface area (Å²) >= 11 is 1.77. The first-order valence-electron chi connectivity index (χ1n) is 5.39. The maximum atomic E-state index is 12.4. The molecule has 6 nitrogen and oxygen atoms in total. The first-order chi connectivity index (χ1) is 8.07. The van der Waals surface area contributed by atoms with Crippen molar-refractivity contribution < 1.29 is 8.42 Å². The first-order valence-corrected chi connectivity index (χ1v) is 7.98. The topological polar surface area (TPSA) is 92.1 Å². The number of sulfonamides is 1. The molecule has 1 atom stereocenters. The molecule has 0 amide bonds. The summed E-state index contributed by atoms with van der Waals surface area (Å²) in [7, 11) is -3.49. The van der Waals surface area contributed by atoms with Crippen molar-refractivity contribution in [2.24, 2.45) is 5.73 Å². The van der Waals surface area contributed by atoms with Crippen LogP contribution in [0.5, 0.6) is 0 Å². The summed E-state index contributed by atoms with van der Waals surface area (Å²) in [5.74, 6) is 1.65. The second kappa shape index (κ2) is 4.97. The summed E-state index contributed by atoms with van der Waals surface area (Å²) in [6.07, 6.45) is 1.47. The van der Waals surface area contributed by atoms with Gasteiger partial charge in [0.25, 0.3) is 10.0 Å². The van der Waals surface area contributed by atoms with E-state index in [9.17, 15) is 8.42 Å². The average Bonchev–Trinajstić information content (AvgIpc) is 2.78. The van der Waals surface area contributed by atoms with Crippen molar-refractivity contribution in [3.63, 3.8) is 0 Å². The number of thioether (sulfide) groups is 1. The molecule has 1 unspecified atom stereocenters. The van der Waals surface area contributed by atoms with E-state index < -0.39 is 10.0 Å². The monoisotopic (exact) mass is 276 g/mol. The molecule has 0 aromatic carbocycles. The van der Waals surface area contributed by atoms with Crippen LogP contribution in [-0.2, 0) is 16.6 Å². The van der Waals surface area contributed by atoms with Gasteiger partial charge >= 0.3 is 0 Å². The first kappa shape index (κ1) is 12.9. The zero-order chi connectivity index (χ0) is 12.5. The van der Waals surface area contributed by atoms with Crippen molar-refractivity contribution in [3.05, 3.63) is 11.8 Å². The highest BCUT2D eigenvalue weighted by molar-refractivity contribution is 7.99. The molecule has 1 aromatic heterocycles. The SMILES string of the molecule is CC1CSCCN1S(=O)(=O)c1[nH]ncc1CN. The van der Waals surface area contributed by atoms with Gasteiger partial charge in [0.05, 0.1) is 6.20 Å². The maximum absolute atomic E-state index is 12.4. The van der Waals surface area contributed by atoms with E-state index in [1.54, 1.807) is 11.8 Å². The summed E-state index contributed by atoms with van der Waals surface area (Å²) < 4.78 is 26.4. The van der Waals surface area contributed by atoms with E-state index in [2.05, 4.69) is 10.2 Å². The van der Waals surface area contributed by atoms with Gasteiger partial charge in [-0.2, -0.15) is 21.2 Å². The van der Waals surface area contributed by atoms with Crippen molar-refractivity contribution in [1.82, 2.24) is 14.5 Å². The Hall–Kier alpha value is -0.570. The summed E-state index contributed by atoms with van der Waals surface area (Å²) in [5, 5.41) is 6.45. The third-order valence-corrected chi connectivity index (χ3v) is 5.99. The zero-order valence-corrected chi connectivity index (χ0v) is 11.2. The molecule has 1 fully saturated rings. The molecule has 8 heteroatoms. The summed E-state index contributed by atoms with van der Waals surface area (Å²) in [6.45, 7) is 2.63. The van der Waals surface area contributed by atoms with E-state index in [0.29, 0.717) is 12.1 Å². The smallest absolute Gasteiger partial charge is 0.260 e. The molecule has 0 bridgehead atoms.